The number of hydrogen-bond donors (Lipinski definition) is 3. The molecule has 0 bridgehead atoms. The number of nitrogens with one attached hydrogen (secondary N) is 2. The maximum Gasteiger partial charge on any atom is 0.326 e. The Balaban J connectivity index is 2.82. The van der Waals surface area contributed by atoms with Crippen LogP contribution in [0.5, 0.6) is 0 Å². The lowest BCUT2D eigenvalue weighted by Gasteiger charge is -2.19. The molecule has 0 fully saturated rings. The Hall–Kier alpha value is -1.68. The van der Waals surface area contributed by atoms with E-state index in [9.17, 15) is 18.0 Å². The number of carbonyl (C=O) groups excluding carboxylic acids is 1. The van der Waals surface area contributed by atoms with Gasteiger partial charge in [0.1, 0.15) is 11.7 Å². The van der Waals surface area contributed by atoms with Crippen molar-refractivity contribution in [3.05, 3.63) is 11.1 Å². The van der Waals surface area contributed by atoms with E-state index in [-0.39, 0.29) is 16.7 Å². The Morgan fingerprint density at radius 3 is 2.57 bits per heavy atom. The molecule has 2 unspecified atom stereocenters. The summed E-state index contributed by atoms with van der Waals surface area (Å²) in [5.74, 6) is -2.01. The van der Waals surface area contributed by atoms with Crippen molar-refractivity contribution in [1.29, 1.82) is 0 Å². The minimum absolute atomic E-state index is 0.0271. The van der Waals surface area contributed by atoms with Gasteiger partial charge in [0, 0.05) is 5.38 Å². The van der Waals surface area contributed by atoms with Crippen molar-refractivity contribution in [1.82, 2.24) is 10.3 Å². The zero-order chi connectivity index (χ0) is 16.2. The van der Waals surface area contributed by atoms with Crippen molar-refractivity contribution in [2.24, 2.45) is 5.92 Å². The van der Waals surface area contributed by atoms with Gasteiger partial charge in [-0.25, -0.2) is 18.2 Å². The average Bonchev–Trinajstić information content (AvgIpc) is 2.80. The summed E-state index contributed by atoms with van der Waals surface area (Å²) in [6.45, 7) is 3.54. The Morgan fingerprint density at radius 2 is 2.10 bits per heavy atom. The smallest absolute Gasteiger partial charge is 0.326 e. The zero-order valence-electron chi connectivity index (χ0n) is 11.8. The number of amides is 1. The molecule has 0 aliphatic carbocycles. The third-order valence-electron chi connectivity index (χ3n) is 2.78. The van der Waals surface area contributed by atoms with Crippen LogP contribution in [0.3, 0.4) is 0 Å². The van der Waals surface area contributed by atoms with E-state index >= 15 is 0 Å². The normalized spacial score (nSPS) is 14.2. The first-order valence-electron chi connectivity index (χ1n) is 6.11. The summed E-state index contributed by atoms with van der Waals surface area (Å²) in [6.07, 6.45) is 1.56. The molecule has 0 radical (unpaired) electrons. The van der Waals surface area contributed by atoms with Gasteiger partial charge < -0.3 is 10.4 Å². The molecule has 8 nitrogen and oxygen atoms in total. The molecule has 21 heavy (non-hydrogen) atoms. The van der Waals surface area contributed by atoms with Gasteiger partial charge in [-0.15, -0.1) is 11.3 Å². The van der Waals surface area contributed by atoms with Crippen LogP contribution in [0.2, 0.25) is 0 Å². The second kappa shape index (κ2) is 6.85. The number of carboxylic acids is 1. The molecule has 3 N–H and O–H groups in total. The number of aliphatic carboxylic acids is 1. The Kier molecular flexibility index (Phi) is 5.67. The maximum atomic E-state index is 12.0. The molecule has 0 aromatic carbocycles. The van der Waals surface area contributed by atoms with E-state index in [2.05, 4.69) is 15.0 Å². The van der Waals surface area contributed by atoms with Gasteiger partial charge in [-0.1, -0.05) is 20.3 Å². The van der Waals surface area contributed by atoms with Crippen molar-refractivity contribution in [2.75, 3.05) is 11.0 Å². The number of carbonyl (C=O) groups is 2. The quantitative estimate of drug-likeness (QED) is 0.675. The van der Waals surface area contributed by atoms with E-state index in [1.165, 1.54) is 5.38 Å². The average molecular weight is 335 g/mol. The first-order chi connectivity index (χ1) is 9.64. The standard InChI is InChI=1S/C11H17N3O5S2/c1-4-6(2)8(10(16)17)13-9(15)7-5-20-11(12-7)14-21(3,18)19/h5-6,8H,4H2,1-3H3,(H,12,14)(H,13,15)(H,16,17). The number of carboxylic acid groups (broad SMARTS) is 1. The summed E-state index contributed by atoms with van der Waals surface area (Å²) in [6, 6.07) is -1.02. The summed E-state index contributed by atoms with van der Waals surface area (Å²) in [5, 5.41) is 12.9. The van der Waals surface area contributed by atoms with E-state index in [1.807, 2.05) is 6.92 Å². The zero-order valence-corrected chi connectivity index (χ0v) is 13.4. The largest absolute Gasteiger partial charge is 0.480 e. The van der Waals surface area contributed by atoms with Gasteiger partial charge in [0.05, 0.1) is 6.26 Å². The van der Waals surface area contributed by atoms with Gasteiger partial charge >= 0.3 is 5.97 Å². The van der Waals surface area contributed by atoms with E-state index in [1.54, 1.807) is 6.92 Å². The number of rotatable bonds is 7. The first kappa shape index (κ1) is 17.4. The number of sulfonamides is 1. The van der Waals surface area contributed by atoms with E-state index < -0.39 is 27.9 Å². The SMILES string of the molecule is CCC(C)C(NC(=O)c1csc(NS(C)(=O)=O)n1)C(=O)O. The fourth-order valence-electron chi connectivity index (χ4n) is 1.48. The molecule has 0 saturated carbocycles. The predicted molar refractivity (Wildman–Crippen MR) is 78.9 cm³/mol. The topological polar surface area (TPSA) is 125 Å². The number of hydrogen-bond acceptors (Lipinski definition) is 6. The molecule has 1 rings (SSSR count). The highest BCUT2D eigenvalue weighted by molar-refractivity contribution is 7.92. The molecular formula is C11H17N3O5S2. The molecule has 118 valence electrons. The van der Waals surface area contributed by atoms with Gasteiger partial charge in [-0.2, -0.15) is 0 Å². The first-order valence-corrected chi connectivity index (χ1v) is 8.88. The monoisotopic (exact) mass is 335 g/mol. The number of nitrogens with zero attached hydrogens (tertiary/aromatic N) is 1. The molecule has 1 heterocycles. The molecule has 1 amide bonds. The second-order valence-electron chi connectivity index (χ2n) is 4.59. The predicted octanol–water partition coefficient (Wildman–Crippen LogP) is 0.744. The van der Waals surface area contributed by atoms with E-state index in [0.29, 0.717) is 6.42 Å². The van der Waals surface area contributed by atoms with Crippen molar-refractivity contribution < 1.29 is 23.1 Å². The third kappa shape index (κ3) is 5.31. The summed E-state index contributed by atoms with van der Waals surface area (Å²) >= 11 is 0.945. The van der Waals surface area contributed by atoms with Crippen molar-refractivity contribution in [2.45, 2.75) is 26.3 Å². The van der Waals surface area contributed by atoms with Crippen LogP contribution >= 0.6 is 11.3 Å². The minimum atomic E-state index is -3.47. The fraction of sp³-hybridized carbons (Fsp3) is 0.545. The van der Waals surface area contributed by atoms with Gasteiger partial charge in [0.15, 0.2) is 5.13 Å². The molecule has 10 heteroatoms. The second-order valence-corrected chi connectivity index (χ2v) is 7.19. The van der Waals surface area contributed by atoms with Crippen LogP contribution in [0.25, 0.3) is 0 Å². The lowest BCUT2D eigenvalue weighted by atomic mass is 9.99. The molecular weight excluding hydrogens is 318 g/mol. The molecule has 0 spiro atoms. The third-order valence-corrected chi connectivity index (χ3v) is 4.23. The van der Waals surface area contributed by atoms with Crippen LogP contribution < -0.4 is 10.0 Å². The Morgan fingerprint density at radius 1 is 1.48 bits per heavy atom. The number of aromatic nitrogens is 1. The van der Waals surface area contributed by atoms with Crippen molar-refractivity contribution in [3.63, 3.8) is 0 Å². The van der Waals surface area contributed by atoms with Crippen LogP contribution in [-0.4, -0.2) is 42.7 Å². The summed E-state index contributed by atoms with van der Waals surface area (Å²) in [5.41, 5.74) is -0.0271. The van der Waals surface area contributed by atoms with Gasteiger partial charge in [-0.3, -0.25) is 9.52 Å². The summed E-state index contributed by atoms with van der Waals surface area (Å²) < 4.78 is 24.3. The highest BCUT2D eigenvalue weighted by Gasteiger charge is 2.26. The molecule has 0 aliphatic heterocycles. The highest BCUT2D eigenvalue weighted by Crippen LogP contribution is 2.17. The van der Waals surface area contributed by atoms with Crippen LogP contribution in [0.15, 0.2) is 5.38 Å². The molecule has 0 aliphatic rings. The van der Waals surface area contributed by atoms with E-state index in [0.717, 1.165) is 17.6 Å². The van der Waals surface area contributed by atoms with Crippen LogP contribution in [0, 0.1) is 5.92 Å². The summed E-state index contributed by atoms with van der Waals surface area (Å²) in [4.78, 5) is 26.9. The highest BCUT2D eigenvalue weighted by atomic mass is 32.2. The van der Waals surface area contributed by atoms with Crippen molar-refractivity contribution in [3.8, 4) is 0 Å². The number of anilines is 1. The molecule has 0 saturated heterocycles. The van der Waals surface area contributed by atoms with Gasteiger partial charge in [-0.05, 0) is 5.92 Å². The van der Waals surface area contributed by atoms with Gasteiger partial charge in [0.25, 0.3) is 5.91 Å². The summed E-state index contributed by atoms with van der Waals surface area (Å²) in [7, 11) is -3.47. The lowest BCUT2D eigenvalue weighted by Crippen LogP contribution is -2.45. The van der Waals surface area contributed by atoms with Crippen LogP contribution in [0.1, 0.15) is 30.8 Å². The minimum Gasteiger partial charge on any atom is -0.480 e. The Labute approximate surface area is 126 Å². The van der Waals surface area contributed by atoms with Crippen LogP contribution in [0.4, 0.5) is 5.13 Å². The fourth-order valence-corrected chi connectivity index (χ4v) is 3.03. The Bertz CT molecular complexity index is 626. The molecule has 1 aromatic rings. The molecule has 1 aromatic heterocycles. The molecule has 2 atom stereocenters. The maximum absolute atomic E-state index is 12.0. The lowest BCUT2D eigenvalue weighted by molar-refractivity contribution is -0.140. The van der Waals surface area contributed by atoms with Crippen molar-refractivity contribution >= 4 is 38.4 Å². The van der Waals surface area contributed by atoms with Crippen LogP contribution in [-0.2, 0) is 14.8 Å². The number of thiazole rings is 1. The van der Waals surface area contributed by atoms with E-state index in [4.69, 9.17) is 5.11 Å². The van der Waals surface area contributed by atoms with Gasteiger partial charge in [0.2, 0.25) is 10.0 Å².